The molecule has 7 nitrogen and oxygen atoms in total. The molecule has 0 spiro atoms. The third-order valence-corrected chi connectivity index (χ3v) is 4.78. The van der Waals surface area contributed by atoms with Gasteiger partial charge in [0.15, 0.2) is 11.5 Å². The molecule has 0 fully saturated rings. The first kappa shape index (κ1) is 19.9. The van der Waals surface area contributed by atoms with E-state index >= 15 is 0 Å². The van der Waals surface area contributed by atoms with Crippen molar-refractivity contribution in [2.75, 3.05) is 11.1 Å². The molecule has 0 radical (unpaired) electrons. The number of amides is 1. The largest absolute Gasteiger partial charge is 0.459 e. The number of carbonyl (C=O) groups excluding carboxylic acids is 2. The Kier molecular flexibility index (Phi) is 7.02. The number of aromatic nitrogens is 2. The van der Waals surface area contributed by atoms with Crippen LogP contribution in [0, 0.1) is 0 Å². The van der Waals surface area contributed by atoms with E-state index in [9.17, 15) is 9.59 Å². The van der Waals surface area contributed by atoms with Gasteiger partial charge in [0.1, 0.15) is 0 Å². The molecule has 3 rings (SSSR count). The van der Waals surface area contributed by atoms with Crippen molar-refractivity contribution in [3.05, 3.63) is 48.2 Å². The van der Waals surface area contributed by atoms with Crippen molar-refractivity contribution in [3.63, 3.8) is 0 Å². The van der Waals surface area contributed by atoms with Crippen molar-refractivity contribution in [1.29, 1.82) is 0 Å². The Morgan fingerprint density at radius 3 is 2.64 bits per heavy atom. The summed E-state index contributed by atoms with van der Waals surface area (Å²) in [5.41, 5.74) is 1.24. The number of ketones is 1. The van der Waals surface area contributed by atoms with Crippen LogP contribution in [0.4, 0.5) is 5.69 Å². The number of nitrogens with zero attached hydrogens (tertiary/aromatic N) is 2. The van der Waals surface area contributed by atoms with Gasteiger partial charge < -0.3 is 14.2 Å². The molecule has 2 aromatic heterocycles. The second kappa shape index (κ2) is 9.89. The minimum Gasteiger partial charge on any atom is -0.459 e. The number of Topliss-reactive ketones (excluding diaryl/α,β-unsaturated/α-hetero) is 1. The highest BCUT2D eigenvalue weighted by Crippen LogP contribution is 2.24. The van der Waals surface area contributed by atoms with E-state index in [1.54, 1.807) is 36.4 Å². The predicted octanol–water partition coefficient (Wildman–Crippen LogP) is 4.82. The molecule has 3 aromatic rings. The summed E-state index contributed by atoms with van der Waals surface area (Å²) in [4.78, 5) is 24.2. The van der Waals surface area contributed by atoms with Crippen LogP contribution < -0.4 is 5.32 Å². The fraction of sp³-hybridized carbons (Fsp3) is 0.300. The molecule has 0 saturated heterocycles. The van der Waals surface area contributed by atoms with Crippen molar-refractivity contribution in [3.8, 4) is 11.7 Å². The first-order chi connectivity index (χ1) is 13.7. The van der Waals surface area contributed by atoms with Crippen molar-refractivity contribution in [1.82, 2.24) is 10.2 Å². The highest BCUT2D eigenvalue weighted by molar-refractivity contribution is 7.99. The molecule has 146 valence electrons. The van der Waals surface area contributed by atoms with Gasteiger partial charge in [0.25, 0.3) is 11.1 Å². The zero-order chi connectivity index (χ0) is 19.8. The highest BCUT2D eigenvalue weighted by Gasteiger charge is 2.14. The van der Waals surface area contributed by atoms with Crippen LogP contribution in [-0.4, -0.2) is 27.6 Å². The Morgan fingerprint density at radius 1 is 1.11 bits per heavy atom. The lowest BCUT2D eigenvalue weighted by Crippen LogP contribution is -2.11. The van der Waals surface area contributed by atoms with Crippen LogP contribution in [-0.2, 0) is 4.79 Å². The van der Waals surface area contributed by atoms with Gasteiger partial charge in [-0.25, -0.2) is 0 Å². The molecule has 2 heterocycles. The van der Waals surface area contributed by atoms with Crippen LogP contribution in [0.5, 0.6) is 0 Å². The summed E-state index contributed by atoms with van der Waals surface area (Å²) in [6, 6.07) is 10.3. The van der Waals surface area contributed by atoms with Gasteiger partial charge in [-0.15, -0.1) is 10.2 Å². The van der Waals surface area contributed by atoms with Gasteiger partial charge in [-0.2, -0.15) is 0 Å². The minimum atomic E-state index is -0.0661. The molecule has 0 saturated carbocycles. The summed E-state index contributed by atoms with van der Waals surface area (Å²) in [5.74, 6) is 0.857. The molecule has 8 heteroatoms. The summed E-state index contributed by atoms with van der Waals surface area (Å²) in [7, 11) is 0. The number of unbranched alkanes of at least 4 members (excludes halogenated alkanes) is 2. The van der Waals surface area contributed by atoms with E-state index in [-0.39, 0.29) is 23.3 Å². The summed E-state index contributed by atoms with van der Waals surface area (Å²) in [6.45, 7) is 2.10. The van der Waals surface area contributed by atoms with Crippen LogP contribution in [0.25, 0.3) is 11.7 Å². The average molecular weight is 399 g/mol. The number of anilines is 1. The number of hydrogen-bond acceptors (Lipinski definition) is 7. The van der Waals surface area contributed by atoms with Crippen LogP contribution in [0.15, 0.2) is 56.7 Å². The van der Waals surface area contributed by atoms with Gasteiger partial charge in [-0.1, -0.05) is 31.5 Å². The third-order valence-electron chi connectivity index (χ3n) is 3.96. The summed E-state index contributed by atoms with van der Waals surface area (Å²) >= 11 is 1.17. The number of benzene rings is 1. The summed E-state index contributed by atoms with van der Waals surface area (Å²) < 4.78 is 10.7. The van der Waals surface area contributed by atoms with Crippen LogP contribution >= 0.6 is 11.8 Å². The number of rotatable bonds is 10. The van der Waals surface area contributed by atoms with E-state index in [0.29, 0.717) is 28.7 Å². The van der Waals surface area contributed by atoms with Crippen molar-refractivity contribution < 1.29 is 18.4 Å². The van der Waals surface area contributed by atoms with Gasteiger partial charge in [0, 0.05) is 17.7 Å². The molecule has 1 aromatic carbocycles. The SMILES string of the molecule is CCCCCC(=O)Nc1ccc(C(=O)CSc2nnc(-c3ccco3)o2)cc1. The van der Waals surface area contributed by atoms with E-state index in [2.05, 4.69) is 22.4 Å². The second-order valence-corrected chi connectivity index (χ2v) is 7.07. The number of hydrogen-bond donors (Lipinski definition) is 1. The van der Waals surface area contributed by atoms with Gasteiger partial charge in [-0.3, -0.25) is 9.59 Å². The van der Waals surface area contributed by atoms with Crippen molar-refractivity contribution in [2.45, 2.75) is 37.8 Å². The summed E-state index contributed by atoms with van der Waals surface area (Å²) in [6.07, 6.45) is 5.04. The topological polar surface area (TPSA) is 98.2 Å². The first-order valence-corrected chi connectivity index (χ1v) is 10.1. The predicted molar refractivity (Wildman–Crippen MR) is 106 cm³/mol. The van der Waals surface area contributed by atoms with Gasteiger partial charge in [0.2, 0.25) is 5.91 Å². The Balaban J connectivity index is 1.49. The monoisotopic (exact) mass is 399 g/mol. The van der Waals surface area contributed by atoms with Crippen LogP contribution in [0.2, 0.25) is 0 Å². The van der Waals surface area contributed by atoms with E-state index < -0.39 is 0 Å². The smallest absolute Gasteiger partial charge is 0.284 e. The quantitative estimate of drug-likeness (QED) is 0.296. The molecule has 1 amide bonds. The van der Waals surface area contributed by atoms with Crippen molar-refractivity contribution >= 4 is 29.1 Å². The van der Waals surface area contributed by atoms with Crippen LogP contribution in [0.3, 0.4) is 0 Å². The van der Waals surface area contributed by atoms with Gasteiger partial charge in [0.05, 0.1) is 12.0 Å². The third kappa shape index (κ3) is 5.56. The number of carbonyl (C=O) groups is 2. The first-order valence-electron chi connectivity index (χ1n) is 9.09. The molecular formula is C20H21N3O4S. The lowest BCUT2D eigenvalue weighted by Gasteiger charge is -2.06. The second-order valence-electron chi connectivity index (χ2n) is 6.14. The van der Waals surface area contributed by atoms with E-state index in [4.69, 9.17) is 8.83 Å². The molecule has 0 aliphatic heterocycles. The zero-order valence-electron chi connectivity index (χ0n) is 15.5. The molecule has 0 aliphatic rings. The van der Waals surface area contributed by atoms with Gasteiger partial charge >= 0.3 is 0 Å². The molecule has 0 bridgehead atoms. The molecule has 28 heavy (non-hydrogen) atoms. The lowest BCUT2D eigenvalue weighted by atomic mass is 10.1. The Morgan fingerprint density at radius 2 is 1.93 bits per heavy atom. The van der Waals surface area contributed by atoms with E-state index in [1.165, 1.54) is 18.0 Å². The normalized spacial score (nSPS) is 10.8. The fourth-order valence-electron chi connectivity index (χ4n) is 2.48. The van der Waals surface area contributed by atoms with E-state index in [0.717, 1.165) is 19.3 Å². The minimum absolute atomic E-state index is 0.00756. The fourth-order valence-corrected chi connectivity index (χ4v) is 3.13. The van der Waals surface area contributed by atoms with E-state index in [1.807, 2.05) is 0 Å². The maximum atomic E-state index is 12.3. The zero-order valence-corrected chi connectivity index (χ0v) is 16.3. The maximum Gasteiger partial charge on any atom is 0.284 e. The molecule has 1 N–H and O–H groups in total. The maximum absolute atomic E-state index is 12.3. The standard InChI is InChI=1S/C20H21N3O4S/c1-2-3-4-7-18(25)21-15-10-8-14(9-11-15)16(24)13-28-20-23-22-19(27-20)17-6-5-12-26-17/h5-6,8-12H,2-4,7,13H2,1H3,(H,21,25). The Bertz CT molecular complexity index is 904. The molecular weight excluding hydrogens is 378 g/mol. The molecule has 0 aliphatic carbocycles. The number of thioether (sulfide) groups is 1. The van der Waals surface area contributed by atoms with Crippen molar-refractivity contribution in [2.24, 2.45) is 0 Å². The van der Waals surface area contributed by atoms with Crippen LogP contribution in [0.1, 0.15) is 43.0 Å². The molecule has 0 atom stereocenters. The number of furan rings is 1. The van der Waals surface area contributed by atoms with Gasteiger partial charge in [-0.05, 0) is 42.8 Å². The highest BCUT2D eigenvalue weighted by atomic mass is 32.2. The molecule has 0 unspecified atom stereocenters. The number of nitrogens with one attached hydrogen (secondary N) is 1. The Hall–Kier alpha value is -2.87. The lowest BCUT2D eigenvalue weighted by molar-refractivity contribution is -0.116. The summed E-state index contributed by atoms with van der Waals surface area (Å²) in [5, 5.41) is 10.9. The Labute approximate surface area is 166 Å². The average Bonchev–Trinajstić information content (AvgIpc) is 3.38.